The molecular formula is C14H10Cl2N4OS. The lowest BCUT2D eigenvalue weighted by molar-refractivity contribution is -0.114. The Labute approximate surface area is 140 Å². The first-order chi connectivity index (χ1) is 10.6. The number of aromatic nitrogens is 2. The second-order valence-corrected chi connectivity index (χ2v) is 5.90. The van der Waals surface area contributed by atoms with E-state index in [1.165, 1.54) is 0 Å². The summed E-state index contributed by atoms with van der Waals surface area (Å²) in [5.74, 6) is -0.198. The quantitative estimate of drug-likeness (QED) is 0.743. The highest BCUT2D eigenvalue weighted by molar-refractivity contribution is 7.00. The Morgan fingerprint density at radius 3 is 2.68 bits per heavy atom. The summed E-state index contributed by atoms with van der Waals surface area (Å²) in [6, 6.07) is 10.5. The Morgan fingerprint density at radius 2 is 1.91 bits per heavy atom. The summed E-state index contributed by atoms with van der Waals surface area (Å²) in [6.07, 6.45) is 0. The zero-order valence-electron chi connectivity index (χ0n) is 11.1. The Kier molecular flexibility index (Phi) is 4.42. The number of nitrogens with zero attached hydrogens (tertiary/aromatic N) is 2. The summed E-state index contributed by atoms with van der Waals surface area (Å²) < 4.78 is 8.31. The van der Waals surface area contributed by atoms with Gasteiger partial charge in [-0.1, -0.05) is 29.3 Å². The lowest BCUT2D eigenvalue weighted by Crippen LogP contribution is -2.21. The van der Waals surface area contributed by atoms with Gasteiger partial charge in [0.25, 0.3) is 0 Å². The molecule has 1 heterocycles. The Bertz CT molecular complexity index is 816. The van der Waals surface area contributed by atoms with Crippen molar-refractivity contribution < 1.29 is 4.79 Å². The van der Waals surface area contributed by atoms with E-state index in [4.69, 9.17) is 23.2 Å². The van der Waals surface area contributed by atoms with Gasteiger partial charge in [-0.2, -0.15) is 8.75 Å². The number of hydrogen-bond acceptors (Lipinski definition) is 5. The number of benzene rings is 2. The van der Waals surface area contributed by atoms with Gasteiger partial charge in [0.15, 0.2) is 0 Å². The highest BCUT2D eigenvalue weighted by atomic mass is 35.5. The molecule has 2 aromatic carbocycles. The van der Waals surface area contributed by atoms with Crippen molar-refractivity contribution in [3.05, 3.63) is 46.4 Å². The summed E-state index contributed by atoms with van der Waals surface area (Å²) >= 11 is 12.9. The maximum Gasteiger partial charge on any atom is 0.243 e. The van der Waals surface area contributed by atoms with Crippen LogP contribution in [0.25, 0.3) is 11.0 Å². The fourth-order valence-electron chi connectivity index (χ4n) is 1.94. The van der Waals surface area contributed by atoms with Crippen molar-refractivity contribution in [2.75, 3.05) is 17.2 Å². The number of rotatable bonds is 4. The zero-order valence-corrected chi connectivity index (χ0v) is 13.5. The van der Waals surface area contributed by atoms with Crippen molar-refractivity contribution in [2.24, 2.45) is 0 Å². The van der Waals surface area contributed by atoms with Crippen molar-refractivity contribution in [2.45, 2.75) is 0 Å². The number of halogens is 2. The van der Waals surface area contributed by atoms with Crippen molar-refractivity contribution in [3.8, 4) is 0 Å². The normalized spacial score (nSPS) is 10.6. The van der Waals surface area contributed by atoms with Crippen LogP contribution in [-0.4, -0.2) is 21.2 Å². The van der Waals surface area contributed by atoms with Gasteiger partial charge in [-0.3, -0.25) is 4.79 Å². The van der Waals surface area contributed by atoms with Crippen LogP contribution in [0.4, 0.5) is 11.4 Å². The fourth-order valence-corrected chi connectivity index (χ4v) is 3.02. The summed E-state index contributed by atoms with van der Waals surface area (Å²) in [7, 11) is 0. The Morgan fingerprint density at radius 1 is 1.14 bits per heavy atom. The van der Waals surface area contributed by atoms with Crippen LogP contribution in [0.2, 0.25) is 10.0 Å². The van der Waals surface area contributed by atoms with Crippen LogP contribution < -0.4 is 10.6 Å². The topological polar surface area (TPSA) is 66.9 Å². The summed E-state index contributed by atoms with van der Waals surface area (Å²) in [6.45, 7) is 0.0879. The molecule has 0 unspecified atom stereocenters. The Balaban J connectivity index is 1.66. The lowest BCUT2D eigenvalue weighted by atomic mass is 10.2. The fraction of sp³-hybridized carbons (Fsp3) is 0.0714. The molecule has 0 saturated heterocycles. The molecule has 3 aromatic rings. The molecule has 0 aliphatic rings. The zero-order chi connectivity index (χ0) is 15.5. The standard InChI is InChI=1S/C14H10Cl2N4OS/c15-8-4-9(16)6-10(5-8)17-7-13(21)18-11-2-1-3-12-14(11)20-22-19-12/h1-6,17H,7H2,(H,18,21). The molecule has 0 fully saturated rings. The van der Waals surface area contributed by atoms with Crippen LogP contribution in [0, 0.1) is 0 Å². The van der Waals surface area contributed by atoms with Crippen LogP contribution in [0.1, 0.15) is 0 Å². The molecule has 2 N–H and O–H groups in total. The summed E-state index contributed by atoms with van der Waals surface area (Å²) in [5.41, 5.74) is 2.77. The van der Waals surface area contributed by atoms with E-state index in [1.54, 1.807) is 24.3 Å². The van der Waals surface area contributed by atoms with E-state index in [0.717, 1.165) is 17.2 Å². The van der Waals surface area contributed by atoms with Gasteiger partial charge in [-0.05, 0) is 30.3 Å². The minimum absolute atomic E-state index is 0.0879. The van der Waals surface area contributed by atoms with Crippen LogP contribution in [-0.2, 0) is 4.79 Å². The van der Waals surface area contributed by atoms with Gasteiger partial charge >= 0.3 is 0 Å². The van der Waals surface area contributed by atoms with Crippen LogP contribution in [0.5, 0.6) is 0 Å². The molecule has 0 radical (unpaired) electrons. The third-order valence-electron chi connectivity index (χ3n) is 2.88. The Hall–Kier alpha value is -1.89. The largest absolute Gasteiger partial charge is 0.376 e. The predicted molar refractivity (Wildman–Crippen MR) is 91.0 cm³/mol. The second-order valence-electron chi connectivity index (χ2n) is 4.50. The smallest absolute Gasteiger partial charge is 0.243 e. The molecule has 0 aliphatic heterocycles. The molecule has 0 aliphatic carbocycles. The van der Waals surface area contributed by atoms with E-state index in [1.807, 2.05) is 12.1 Å². The molecule has 3 rings (SSSR count). The monoisotopic (exact) mass is 352 g/mol. The molecule has 1 aromatic heterocycles. The van der Waals surface area contributed by atoms with E-state index < -0.39 is 0 Å². The van der Waals surface area contributed by atoms with Gasteiger partial charge in [-0.25, -0.2) is 0 Å². The van der Waals surface area contributed by atoms with E-state index in [2.05, 4.69) is 19.4 Å². The van der Waals surface area contributed by atoms with Gasteiger partial charge in [0.1, 0.15) is 11.0 Å². The lowest BCUT2D eigenvalue weighted by Gasteiger charge is -2.09. The molecule has 0 spiro atoms. The maximum absolute atomic E-state index is 12.0. The number of amides is 1. The number of nitrogens with one attached hydrogen (secondary N) is 2. The van der Waals surface area contributed by atoms with E-state index >= 15 is 0 Å². The van der Waals surface area contributed by atoms with Crippen molar-refractivity contribution in [1.82, 2.24) is 8.75 Å². The average Bonchev–Trinajstić information content (AvgIpc) is 2.94. The van der Waals surface area contributed by atoms with Crippen LogP contribution in [0.15, 0.2) is 36.4 Å². The summed E-state index contributed by atoms with van der Waals surface area (Å²) in [5, 5.41) is 6.80. The van der Waals surface area contributed by atoms with Gasteiger partial charge < -0.3 is 10.6 Å². The first-order valence-corrected chi connectivity index (χ1v) is 7.81. The first-order valence-electron chi connectivity index (χ1n) is 6.33. The molecule has 1 amide bonds. The van der Waals surface area contributed by atoms with Crippen molar-refractivity contribution >= 4 is 63.2 Å². The van der Waals surface area contributed by atoms with E-state index in [0.29, 0.717) is 26.9 Å². The number of fused-ring (bicyclic) bond motifs is 1. The second kappa shape index (κ2) is 6.48. The number of carbonyl (C=O) groups is 1. The molecule has 22 heavy (non-hydrogen) atoms. The van der Waals surface area contributed by atoms with Gasteiger partial charge in [0.05, 0.1) is 24.0 Å². The van der Waals surface area contributed by atoms with Crippen molar-refractivity contribution in [3.63, 3.8) is 0 Å². The third kappa shape index (κ3) is 3.47. The molecule has 112 valence electrons. The van der Waals surface area contributed by atoms with E-state index in [-0.39, 0.29) is 12.5 Å². The average molecular weight is 353 g/mol. The summed E-state index contributed by atoms with van der Waals surface area (Å²) in [4.78, 5) is 12.0. The highest BCUT2D eigenvalue weighted by Crippen LogP contribution is 2.23. The molecule has 0 bridgehead atoms. The van der Waals surface area contributed by atoms with E-state index in [9.17, 15) is 4.79 Å². The minimum Gasteiger partial charge on any atom is -0.376 e. The van der Waals surface area contributed by atoms with Gasteiger partial charge in [0, 0.05) is 15.7 Å². The molecule has 8 heteroatoms. The highest BCUT2D eigenvalue weighted by Gasteiger charge is 2.08. The first kappa shape index (κ1) is 15.0. The maximum atomic E-state index is 12.0. The SMILES string of the molecule is O=C(CNc1cc(Cl)cc(Cl)c1)Nc1cccc2nsnc12. The van der Waals surface area contributed by atoms with Crippen LogP contribution >= 0.6 is 34.9 Å². The van der Waals surface area contributed by atoms with Gasteiger partial charge in [0.2, 0.25) is 5.91 Å². The van der Waals surface area contributed by atoms with Crippen molar-refractivity contribution in [1.29, 1.82) is 0 Å². The molecule has 5 nitrogen and oxygen atoms in total. The number of carbonyl (C=O) groups excluding carboxylic acids is 1. The van der Waals surface area contributed by atoms with Crippen LogP contribution in [0.3, 0.4) is 0 Å². The minimum atomic E-state index is -0.198. The third-order valence-corrected chi connectivity index (χ3v) is 3.85. The molecule has 0 saturated carbocycles. The number of anilines is 2. The van der Waals surface area contributed by atoms with Gasteiger partial charge in [-0.15, -0.1) is 0 Å². The number of hydrogen-bond donors (Lipinski definition) is 2. The predicted octanol–water partition coefficient (Wildman–Crippen LogP) is 4.05. The molecule has 0 atom stereocenters. The molecular weight excluding hydrogens is 343 g/mol.